The van der Waals surface area contributed by atoms with Crippen LogP contribution in [0.3, 0.4) is 0 Å². The van der Waals surface area contributed by atoms with E-state index in [-0.39, 0.29) is 35.8 Å². The molecule has 39 heavy (non-hydrogen) atoms. The zero-order valence-electron chi connectivity index (χ0n) is 21.3. The van der Waals surface area contributed by atoms with E-state index in [4.69, 9.17) is 9.47 Å². The highest BCUT2D eigenvalue weighted by Crippen LogP contribution is 2.32. The average Bonchev–Trinajstić information content (AvgIpc) is 2.79. The number of rotatable bonds is 6. The Morgan fingerprint density at radius 2 is 1.85 bits per heavy atom. The lowest BCUT2D eigenvalue weighted by molar-refractivity contribution is -0.141. The number of anilines is 1. The van der Waals surface area contributed by atoms with E-state index in [9.17, 15) is 32.3 Å². The molecule has 4 rings (SSSR count). The van der Waals surface area contributed by atoms with Crippen LogP contribution in [0, 0.1) is 5.82 Å². The summed E-state index contributed by atoms with van der Waals surface area (Å²) < 4.78 is 64.2. The topological polar surface area (TPSA) is 114 Å². The molecule has 1 saturated carbocycles. The number of carbonyl (C=O) groups excluding carboxylic acids is 1. The number of aromatic nitrogens is 2. The molecule has 1 fully saturated rings. The highest BCUT2D eigenvalue weighted by atomic mass is 19.4. The van der Waals surface area contributed by atoms with E-state index in [1.165, 1.54) is 30.5 Å². The predicted octanol–water partition coefficient (Wildman–Crippen LogP) is 5.91. The van der Waals surface area contributed by atoms with Gasteiger partial charge in [-0.15, -0.1) is 0 Å². The number of carbonyl (C=O) groups is 2. The van der Waals surface area contributed by atoms with Gasteiger partial charge in [0.1, 0.15) is 34.8 Å². The number of fused-ring (bicyclic) bond motifs is 1. The normalized spacial score (nSPS) is 17.4. The molecule has 0 bridgehead atoms. The fraction of sp³-hybridized carbons (Fsp3) is 0.385. The Morgan fingerprint density at radius 1 is 1.13 bits per heavy atom. The molecule has 0 spiro atoms. The van der Waals surface area contributed by atoms with Gasteiger partial charge < -0.3 is 19.9 Å². The van der Waals surface area contributed by atoms with E-state index in [1.54, 1.807) is 20.8 Å². The van der Waals surface area contributed by atoms with E-state index in [2.05, 4.69) is 15.3 Å². The predicted molar refractivity (Wildman–Crippen MR) is 132 cm³/mol. The smallest absolute Gasteiger partial charge is 0.433 e. The lowest BCUT2D eigenvalue weighted by atomic mass is 9.89. The molecule has 0 saturated heterocycles. The number of alkyl halides is 3. The number of carboxylic acid groups (broad SMARTS) is 1. The van der Waals surface area contributed by atoms with Gasteiger partial charge in [-0.25, -0.2) is 19.0 Å². The summed E-state index contributed by atoms with van der Waals surface area (Å²) >= 11 is 0. The molecule has 0 atom stereocenters. The highest BCUT2D eigenvalue weighted by molar-refractivity contribution is 6.08. The van der Waals surface area contributed by atoms with Crippen molar-refractivity contribution in [3.05, 3.63) is 59.8 Å². The van der Waals surface area contributed by atoms with Gasteiger partial charge in [0.25, 0.3) is 0 Å². The van der Waals surface area contributed by atoms with Gasteiger partial charge in [0.05, 0.1) is 0 Å². The number of ether oxygens (including phenoxy) is 2. The zero-order chi connectivity index (χ0) is 28.5. The molecule has 3 aromatic rings. The fourth-order valence-electron chi connectivity index (χ4n) is 4.03. The third kappa shape index (κ3) is 6.72. The van der Waals surface area contributed by atoms with E-state index in [0.717, 1.165) is 12.3 Å². The van der Waals surface area contributed by atoms with Gasteiger partial charge in [-0.3, -0.25) is 4.98 Å². The van der Waals surface area contributed by atoms with Gasteiger partial charge in [0.15, 0.2) is 0 Å². The molecule has 0 aliphatic heterocycles. The number of halogens is 4. The number of amides is 2. The summed E-state index contributed by atoms with van der Waals surface area (Å²) in [5, 5.41) is 13.7. The fourth-order valence-corrected chi connectivity index (χ4v) is 4.03. The van der Waals surface area contributed by atoms with Crippen LogP contribution in [0.2, 0.25) is 0 Å². The van der Waals surface area contributed by atoms with Gasteiger partial charge in [-0.1, -0.05) is 0 Å². The first-order chi connectivity index (χ1) is 18.2. The lowest BCUT2D eigenvalue weighted by Crippen LogP contribution is -2.46. The first kappa shape index (κ1) is 28.0. The Balaban J connectivity index is 1.45. The van der Waals surface area contributed by atoms with Crippen LogP contribution >= 0.6 is 0 Å². The minimum absolute atomic E-state index is 0.0638. The number of imide groups is 1. The summed E-state index contributed by atoms with van der Waals surface area (Å²) in [6.07, 6.45) is -4.31. The molecule has 2 aromatic heterocycles. The zero-order valence-corrected chi connectivity index (χ0v) is 21.3. The first-order valence-corrected chi connectivity index (χ1v) is 12.0. The lowest BCUT2D eigenvalue weighted by Gasteiger charge is -2.36. The third-order valence-electron chi connectivity index (χ3n) is 5.93. The van der Waals surface area contributed by atoms with E-state index >= 15 is 0 Å². The van der Waals surface area contributed by atoms with Crippen LogP contribution < -0.4 is 15.0 Å². The van der Waals surface area contributed by atoms with Crippen LogP contribution in [0.1, 0.15) is 44.9 Å². The van der Waals surface area contributed by atoms with Crippen molar-refractivity contribution in [1.82, 2.24) is 15.3 Å². The van der Waals surface area contributed by atoms with Crippen LogP contribution in [0.15, 0.2) is 42.7 Å². The Hall–Kier alpha value is -4.00. The van der Waals surface area contributed by atoms with Crippen molar-refractivity contribution < 1.29 is 41.7 Å². The quantitative estimate of drug-likeness (QED) is 0.365. The second-order valence-electron chi connectivity index (χ2n) is 10.1. The Kier molecular flexibility index (Phi) is 7.64. The van der Waals surface area contributed by atoms with Crippen molar-refractivity contribution in [3.8, 4) is 5.75 Å². The molecule has 1 aliphatic rings. The van der Waals surface area contributed by atoms with Crippen LogP contribution in [0.25, 0.3) is 10.8 Å². The molecular formula is C26H26F4N4O5. The van der Waals surface area contributed by atoms with Gasteiger partial charge in [-0.05, 0) is 63.3 Å². The van der Waals surface area contributed by atoms with Crippen molar-refractivity contribution in [2.75, 3.05) is 4.90 Å². The summed E-state index contributed by atoms with van der Waals surface area (Å²) in [4.78, 5) is 32.0. The summed E-state index contributed by atoms with van der Waals surface area (Å²) in [5.74, 6) is -0.729. The van der Waals surface area contributed by atoms with Crippen molar-refractivity contribution in [2.24, 2.45) is 0 Å². The molecule has 1 aliphatic carbocycles. The van der Waals surface area contributed by atoms with Crippen LogP contribution in [0.5, 0.6) is 5.75 Å². The molecule has 0 unspecified atom stereocenters. The minimum atomic E-state index is -4.57. The third-order valence-corrected chi connectivity index (χ3v) is 5.93. The van der Waals surface area contributed by atoms with Gasteiger partial charge in [0.2, 0.25) is 0 Å². The Bertz CT molecular complexity index is 1390. The van der Waals surface area contributed by atoms with Crippen LogP contribution in [-0.4, -0.2) is 45.0 Å². The van der Waals surface area contributed by atoms with Crippen LogP contribution in [0.4, 0.5) is 33.0 Å². The maximum Gasteiger partial charge on any atom is 0.433 e. The highest BCUT2D eigenvalue weighted by Gasteiger charge is 2.35. The second-order valence-corrected chi connectivity index (χ2v) is 10.1. The number of nitrogens with one attached hydrogen (secondary N) is 1. The standard InChI is InChI=1S/C26H26F4N4O5/c1-25(2,3)39-24(37)34(23(35)36)22-11-18-14(12-33-22)4-5-20(27)19(18)13-32-15-8-17(9-15)38-16-6-7-31-21(10-16)26(28,29)30/h4-7,10-12,15,17,32H,8-9,13H2,1-3H3,(H,35,36). The molecule has 208 valence electrons. The number of benzene rings is 1. The molecule has 13 heteroatoms. The maximum atomic E-state index is 14.9. The van der Waals surface area contributed by atoms with Crippen molar-refractivity contribution >= 4 is 28.8 Å². The van der Waals surface area contributed by atoms with E-state index in [1.807, 2.05) is 0 Å². The van der Waals surface area contributed by atoms with E-state index in [0.29, 0.717) is 28.5 Å². The van der Waals surface area contributed by atoms with Gasteiger partial charge in [0, 0.05) is 42.0 Å². The Morgan fingerprint density at radius 3 is 2.49 bits per heavy atom. The molecule has 1 aromatic carbocycles. The first-order valence-electron chi connectivity index (χ1n) is 12.0. The van der Waals surface area contributed by atoms with Gasteiger partial charge >= 0.3 is 18.4 Å². The van der Waals surface area contributed by atoms with Crippen LogP contribution in [-0.2, 0) is 17.5 Å². The maximum absolute atomic E-state index is 14.9. The number of pyridine rings is 2. The molecular weight excluding hydrogens is 524 g/mol. The molecule has 2 N–H and O–H groups in total. The van der Waals surface area contributed by atoms with Crippen molar-refractivity contribution in [3.63, 3.8) is 0 Å². The number of nitrogens with zero attached hydrogens (tertiary/aromatic N) is 3. The van der Waals surface area contributed by atoms with E-state index < -0.39 is 35.5 Å². The largest absolute Gasteiger partial charge is 0.490 e. The summed E-state index contributed by atoms with van der Waals surface area (Å²) in [7, 11) is 0. The average molecular weight is 551 g/mol. The Labute approximate surface area is 220 Å². The molecule has 2 amide bonds. The second kappa shape index (κ2) is 10.6. The monoisotopic (exact) mass is 550 g/mol. The summed E-state index contributed by atoms with van der Waals surface area (Å²) in [5.41, 5.74) is -1.76. The molecule has 9 nitrogen and oxygen atoms in total. The molecule has 2 heterocycles. The van der Waals surface area contributed by atoms with Gasteiger partial charge in [-0.2, -0.15) is 18.1 Å². The number of hydrogen-bond donors (Lipinski definition) is 2. The summed E-state index contributed by atoms with van der Waals surface area (Å²) in [6.45, 7) is 4.83. The van der Waals surface area contributed by atoms with Crippen molar-refractivity contribution in [2.45, 2.75) is 64.1 Å². The minimum Gasteiger partial charge on any atom is -0.490 e. The SMILES string of the molecule is CC(C)(C)OC(=O)N(C(=O)O)c1cc2c(CNC3CC(Oc4ccnc(C(F)(F)F)c4)C3)c(F)ccc2cn1. The number of hydrogen-bond acceptors (Lipinski definition) is 7. The summed E-state index contributed by atoms with van der Waals surface area (Å²) in [6, 6.07) is 6.16. The van der Waals surface area contributed by atoms with Crippen molar-refractivity contribution in [1.29, 1.82) is 0 Å². The molecule has 0 radical (unpaired) electrons.